The van der Waals surface area contributed by atoms with Crippen molar-refractivity contribution in [2.75, 3.05) is 28.4 Å². The Morgan fingerprint density at radius 2 is 1.43 bits per heavy atom. The summed E-state index contributed by atoms with van der Waals surface area (Å²) in [7, 11) is 6.60. The van der Waals surface area contributed by atoms with E-state index in [1.54, 1.807) is 28.4 Å². The van der Waals surface area contributed by atoms with Gasteiger partial charge in [0.1, 0.15) is 11.5 Å². The van der Waals surface area contributed by atoms with Gasteiger partial charge in [0.05, 0.1) is 51.8 Å². The van der Waals surface area contributed by atoms with Crippen molar-refractivity contribution in [3.05, 3.63) is 107 Å². The molecule has 0 aliphatic rings. The highest BCUT2D eigenvalue weighted by Gasteiger charge is 2.22. The van der Waals surface area contributed by atoms with Crippen LogP contribution in [0.15, 0.2) is 84.9 Å². The molecule has 2 heterocycles. The lowest BCUT2D eigenvalue weighted by Crippen LogP contribution is -2.13. The van der Waals surface area contributed by atoms with E-state index in [0.717, 1.165) is 61.4 Å². The van der Waals surface area contributed by atoms with Gasteiger partial charge < -0.3 is 24.3 Å². The number of ether oxygens (including phenoxy) is 4. The molecule has 0 radical (unpaired) electrons. The molecule has 6 aromatic rings. The molecule has 8 nitrogen and oxygen atoms in total. The van der Waals surface area contributed by atoms with Crippen molar-refractivity contribution in [1.29, 1.82) is 0 Å². The number of halogens is 1. The van der Waals surface area contributed by atoms with Gasteiger partial charge in [-0.15, -0.1) is 0 Å². The lowest BCUT2D eigenvalue weighted by Gasteiger charge is -2.14. The van der Waals surface area contributed by atoms with Crippen LogP contribution in [-0.2, 0) is 19.6 Å². The Morgan fingerprint density at radius 3 is 2.14 bits per heavy atom. The van der Waals surface area contributed by atoms with Gasteiger partial charge >= 0.3 is 0 Å². The number of methoxy groups -OCH3 is 4. The van der Waals surface area contributed by atoms with E-state index < -0.39 is 0 Å². The molecule has 0 saturated heterocycles. The van der Waals surface area contributed by atoms with Crippen molar-refractivity contribution in [3.8, 4) is 34.3 Å². The average molecular weight is 609 g/mol. The van der Waals surface area contributed by atoms with E-state index in [1.807, 2.05) is 71.4 Å². The van der Waals surface area contributed by atoms with Crippen LogP contribution in [0.3, 0.4) is 0 Å². The van der Waals surface area contributed by atoms with Gasteiger partial charge in [0.2, 0.25) is 0 Å². The van der Waals surface area contributed by atoms with E-state index >= 15 is 0 Å². The minimum atomic E-state index is 0.500. The number of rotatable bonds is 11. The second kappa shape index (κ2) is 12.8. The van der Waals surface area contributed by atoms with Crippen LogP contribution in [0.1, 0.15) is 16.8 Å². The highest BCUT2D eigenvalue weighted by molar-refractivity contribution is 6.33. The van der Waals surface area contributed by atoms with Crippen LogP contribution < -0.4 is 24.3 Å². The third kappa shape index (κ3) is 5.74. The number of nitrogens with one attached hydrogen (secondary N) is 1. The quantitative estimate of drug-likeness (QED) is 0.166. The zero-order chi connectivity index (χ0) is 30.6. The smallest absolute Gasteiger partial charge is 0.161 e. The molecule has 4 aromatic carbocycles. The molecule has 224 valence electrons. The Hall–Kier alpha value is -4.79. The van der Waals surface area contributed by atoms with E-state index in [2.05, 4.69) is 23.5 Å². The van der Waals surface area contributed by atoms with Crippen LogP contribution in [0.2, 0.25) is 5.02 Å². The zero-order valence-corrected chi connectivity index (χ0v) is 25.8. The molecule has 0 saturated carbocycles. The maximum Gasteiger partial charge on any atom is 0.161 e. The van der Waals surface area contributed by atoms with E-state index in [9.17, 15) is 0 Å². The standard InChI is InChI=1S/C35H33ClN4O4/c1-41-24-14-12-22(13-15-24)19-37-20-30-33-27-17-31(43-3)32(44-4)18-28(27)34(26-10-5-6-11-29(26)36)38-35(33)40(39-30)21-23-8-7-9-25(16-23)42-2/h5-18,37H,19-21H2,1-4H3. The SMILES string of the molecule is COc1ccc(CNCc2nn(Cc3cccc(OC)c3)c3nc(-c4ccccc4Cl)c4cc(OC)c(OC)cc4c23)cc1. The van der Waals surface area contributed by atoms with Crippen LogP contribution in [0.25, 0.3) is 33.1 Å². The Labute approximate surface area is 261 Å². The number of benzene rings is 4. The van der Waals surface area contributed by atoms with Crippen LogP contribution >= 0.6 is 11.6 Å². The maximum atomic E-state index is 6.75. The Kier molecular flexibility index (Phi) is 8.54. The fraction of sp³-hybridized carbons (Fsp3) is 0.200. The van der Waals surface area contributed by atoms with E-state index in [1.165, 1.54) is 0 Å². The van der Waals surface area contributed by atoms with Crippen LogP contribution in [-0.4, -0.2) is 43.2 Å². The molecule has 9 heteroatoms. The minimum absolute atomic E-state index is 0.500. The lowest BCUT2D eigenvalue weighted by molar-refractivity contribution is 0.356. The van der Waals surface area contributed by atoms with Gasteiger partial charge in [0.15, 0.2) is 17.1 Å². The van der Waals surface area contributed by atoms with Crippen LogP contribution in [0, 0.1) is 0 Å². The first-order chi connectivity index (χ1) is 21.5. The number of aromatic nitrogens is 3. The van der Waals surface area contributed by atoms with Gasteiger partial charge in [-0.05, 0) is 53.6 Å². The Morgan fingerprint density at radius 1 is 0.705 bits per heavy atom. The van der Waals surface area contributed by atoms with E-state index in [-0.39, 0.29) is 0 Å². The monoisotopic (exact) mass is 608 g/mol. The molecular formula is C35H33ClN4O4. The van der Waals surface area contributed by atoms with E-state index in [4.69, 9.17) is 40.6 Å². The van der Waals surface area contributed by atoms with Gasteiger partial charge in [-0.3, -0.25) is 0 Å². The average Bonchev–Trinajstić information content (AvgIpc) is 3.40. The summed E-state index contributed by atoms with van der Waals surface area (Å²) in [5, 5.41) is 12.1. The Bertz CT molecular complexity index is 1940. The van der Waals surface area contributed by atoms with Crippen LogP contribution in [0.5, 0.6) is 23.0 Å². The third-order valence-electron chi connectivity index (χ3n) is 7.64. The summed E-state index contributed by atoms with van der Waals surface area (Å²) < 4.78 is 24.2. The van der Waals surface area contributed by atoms with E-state index in [0.29, 0.717) is 36.2 Å². The molecule has 0 unspecified atom stereocenters. The van der Waals surface area contributed by atoms with Gasteiger partial charge in [-0.25, -0.2) is 9.67 Å². The third-order valence-corrected chi connectivity index (χ3v) is 7.97. The molecule has 44 heavy (non-hydrogen) atoms. The Balaban J connectivity index is 1.54. The molecule has 0 aliphatic carbocycles. The summed E-state index contributed by atoms with van der Waals surface area (Å²) in [4.78, 5) is 5.26. The van der Waals surface area contributed by atoms with Crippen molar-refractivity contribution >= 4 is 33.4 Å². The number of hydrogen-bond acceptors (Lipinski definition) is 7. The zero-order valence-electron chi connectivity index (χ0n) is 25.1. The fourth-order valence-electron chi connectivity index (χ4n) is 5.44. The summed E-state index contributed by atoms with van der Waals surface area (Å²) in [6, 6.07) is 27.7. The largest absolute Gasteiger partial charge is 0.497 e. The van der Waals surface area contributed by atoms with Crippen molar-refractivity contribution < 1.29 is 18.9 Å². The first-order valence-electron chi connectivity index (χ1n) is 14.2. The minimum Gasteiger partial charge on any atom is -0.497 e. The molecule has 0 atom stereocenters. The summed E-state index contributed by atoms with van der Waals surface area (Å²) in [6.45, 7) is 1.68. The summed E-state index contributed by atoms with van der Waals surface area (Å²) in [5.74, 6) is 2.84. The molecular weight excluding hydrogens is 576 g/mol. The first kappa shape index (κ1) is 29.3. The lowest BCUT2D eigenvalue weighted by atomic mass is 10.00. The predicted octanol–water partition coefficient (Wildman–Crippen LogP) is 7.28. The molecule has 0 amide bonds. The molecule has 1 N–H and O–H groups in total. The second-order valence-electron chi connectivity index (χ2n) is 10.3. The fourth-order valence-corrected chi connectivity index (χ4v) is 5.67. The first-order valence-corrected chi connectivity index (χ1v) is 14.6. The molecule has 6 rings (SSSR count). The van der Waals surface area contributed by atoms with Crippen molar-refractivity contribution in [3.63, 3.8) is 0 Å². The van der Waals surface area contributed by atoms with Gasteiger partial charge in [-0.2, -0.15) is 5.10 Å². The highest BCUT2D eigenvalue weighted by Crippen LogP contribution is 2.42. The number of hydrogen-bond donors (Lipinski definition) is 1. The summed E-state index contributed by atoms with van der Waals surface area (Å²) >= 11 is 6.75. The predicted molar refractivity (Wildman–Crippen MR) is 174 cm³/mol. The maximum absolute atomic E-state index is 6.75. The van der Waals surface area contributed by atoms with Gasteiger partial charge in [0, 0.05) is 34.4 Å². The molecule has 0 aliphatic heterocycles. The normalized spacial score (nSPS) is 11.2. The van der Waals surface area contributed by atoms with Crippen molar-refractivity contribution in [2.45, 2.75) is 19.6 Å². The topological polar surface area (TPSA) is 79.7 Å². The number of pyridine rings is 1. The number of fused-ring (bicyclic) bond motifs is 3. The summed E-state index contributed by atoms with van der Waals surface area (Å²) in [6.07, 6.45) is 0. The van der Waals surface area contributed by atoms with Crippen molar-refractivity contribution in [1.82, 2.24) is 20.1 Å². The van der Waals surface area contributed by atoms with Crippen molar-refractivity contribution in [2.24, 2.45) is 0 Å². The highest BCUT2D eigenvalue weighted by atomic mass is 35.5. The summed E-state index contributed by atoms with van der Waals surface area (Å²) in [5.41, 5.74) is 5.35. The van der Waals surface area contributed by atoms with Gasteiger partial charge in [0.25, 0.3) is 0 Å². The molecule has 0 spiro atoms. The molecule has 0 fully saturated rings. The second-order valence-corrected chi connectivity index (χ2v) is 10.7. The van der Waals surface area contributed by atoms with Crippen LogP contribution in [0.4, 0.5) is 0 Å². The van der Waals surface area contributed by atoms with Gasteiger partial charge in [-0.1, -0.05) is 54.1 Å². The molecule has 2 aromatic heterocycles. The molecule has 0 bridgehead atoms. The number of nitrogens with zero attached hydrogens (tertiary/aromatic N) is 3.